The third-order valence-corrected chi connectivity index (χ3v) is 4.98. The van der Waals surface area contributed by atoms with Gasteiger partial charge in [0.15, 0.2) is 5.65 Å². The van der Waals surface area contributed by atoms with E-state index in [1.54, 1.807) is 12.1 Å². The zero-order chi connectivity index (χ0) is 20.4. The molecule has 1 aliphatic carbocycles. The summed E-state index contributed by atoms with van der Waals surface area (Å²) in [5.41, 5.74) is 2.56. The van der Waals surface area contributed by atoms with Gasteiger partial charge in [0.1, 0.15) is 11.3 Å². The Hall–Kier alpha value is -3.16. The molecule has 0 atom stereocenters. The van der Waals surface area contributed by atoms with Crippen LogP contribution in [0.15, 0.2) is 41.7 Å². The lowest BCUT2D eigenvalue weighted by Gasteiger charge is -2.11. The highest BCUT2D eigenvalue weighted by atomic mass is 19.3. The smallest absolute Gasteiger partial charge is 0.313 e. The molecule has 0 amide bonds. The number of halogens is 2. The largest absolute Gasteiger partial charge is 0.371 e. The maximum absolute atomic E-state index is 13.6. The van der Waals surface area contributed by atoms with Gasteiger partial charge in [0.25, 0.3) is 6.43 Å². The minimum absolute atomic E-state index is 0.000945. The summed E-state index contributed by atoms with van der Waals surface area (Å²) in [7, 11) is 0. The van der Waals surface area contributed by atoms with Gasteiger partial charge in [-0.2, -0.15) is 5.10 Å². The van der Waals surface area contributed by atoms with Crippen LogP contribution in [0.4, 0.5) is 8.78 Å². The van der Waals surface area contributed by atoms with E-state index >= 15 is 0 Å². The fourth-order valence-corrected chi connectivity index (χ4v) is 3.36. The van der Waals surface area contributed by atoms with Crippen molar-refractivity contribution in [1.29, 1.82) is 0 Å². The van der Waals surface area contributed by atoms with E-state index in [2.05, 4.69) is 15.2 Å². The predicted octanol–water partition coefficient (Wildman–Crippen LogP) is 5.12. The number of hydrogen-bond acceptors (Lipinski definition) is 5. The summed E-state index contributed by atoms with van der Waals surface area (Å²) in [5, 5.41) is 7.88. The van der Waals surface area contributed by atoms with E-state index in [4.69, 9.17) is 4.84 Å². The highest BCUT2D eigenvalue weighted by molar-refractivity contribution is 5.96. The normalized spacial score (nSPS) is 14.4. The van der Waals surface area contributed by atoms with Crippen molar-refractivity contribution in [2.45, 2.75) is 45.5 Å². The van der Waals surface area contributed by atoms with E-state index in [1.165, 1.54) is 12.3 Å². The molecule has 0 unspecified atom stereocenters. The summed E-state index contributed by atoms with van der Waals surface area (Å²) < 4.78 is 28.2. The Labute approximate surface area is 166 Å². The highest BCUT2D eigenvalue weighted by Crippen LogP contribution is 2.27. The fourth-order valence-electron chi connectivity index (χ4n) is 3.36. The summed E-state index contributed by atoms with van der Waals surface area (Å²) in [6.07, 6.45) is 3.19. The van der Waals surface area contributed by atoms with Gasteiger partial charge in [-0.1, -0.05) is 41.4 Å². The van der Waals surface area contributed by atoms with Crippen LogP contribution < -0.4 is 0 Å². The van der Waals surface area contributed by atoms with Crippen molar-refractivity contribution in [2.24, 2.45) is 5.16 Å². The van der Waals surface area contributed by atoms with E-state index in [9.17, 15) is 13.6 Å². The third kappa shape index (κ3) is 4.01. The number of fused-ring (bicyclic) bond motifs is 1. The molecule has 6 nitrogen and oxygen atoms in total. The van der Waals surface area contributed by atoms with Gasteiger partial charge in [-0.15, -0.1) is 0 Å². The lowest BCUT2D eigenvalue weighted by molar-refractivity contribution is 0.0515. The average molecular weight is 398 g/mol. The molecule has 0 aliphatic heterocycles. The maximum Gasteiger partial charge on any atom is 0.371 e. The monoisotopic (exact) mass is 398 g/mol. The number of carbonyl (C=O) groups excluding carboxylic acids is 1. The number of benzene rings is 1. The number of aryl methyl sites for hydroxylation is 1. The number of aromatic nitrogens is 3. The topological polar surface area (TPSA) is 68.9 Å². The number of nitrogens with zero attached hydrogens (tertiary/aromatic N) is 4. The molecule has 3 aromatic rings. The molecule has 0 saturated heterocycles. The molecular weight excluding hydrogens is 378 g/mol. The van der Waals surface area contributed by atoms with Crippen LogP contribution >= 0.6 is 0 Å². The minimum Gasteiger partial charge on any atom is -0.313 e. The standard InChI is InChI=1S/C21H20F2N4O2/c1-13-7-9-14(10-8-13)17-11-18(19(22)23)27-20(25-17)16(12-24-27)21(28)29-26-15-5-3-2-4-6-15/h7-12,19H,2-6H2,1H3. The van der Waals surface area contributed by atoms with E-state index in [0.717, 1.165) is 47.9 Å². The summed E-state index contributed by atoms with van der Waals surface area (Å²) in [5.74, 6) is -0.758. The molecule has 0 radical (unpaired) electrons. The molecule has 1 aliphatic rings. The zero-order valence-electron chi connectivity index (χ0n) is 15.9. The van der Waals surface area contributed by atoms with Crippen molar-refractivity contribution >= 4 is 17.3 Å². The highest BCUT2D eigenvalue weighted by Gasteiger charge is 2.23. The summed E-state index contributed by atoms with van der Waals surface area (Å²) in [6.45, 7) is 1.93. The summed E-state index contributed by atoms with van der Waals surface area (Å²) in [4.78, 5) is 22.0. The van der Waals surface area contributed by atoms with E-state index in [0.29, 0.717) is 11.3 Å². The molecule has 2 heterocycles. The van der Waals surface area contributed by atoms with Gasteiger partial charge in [-0.05, 0) is 38.7 Å². The van der Waals surface area contributed by atoms with E-state index in [1.807, 2.05) is 19.1 Å². The molecule has 1 saturated carbocycles. The molecule has 150 valence electrons. The fraction of sp³-hybridized carbons (Fsp3) is 0.333. The first-order valence-electron chi connectivity index (χ1n) is 9.54. The Morgan fingerprint density at radius 3 is 2.59 bits per heavy atom. The molecule has 8 heteroatoms. The Balaban J connectivity index is 1.73. The van der Waals surface area contributed by atoms with E-state index in [-0.39, 0.29) is 16.9 Å². The first-order valence-corrected chi connectivity index (χ1v) is 9.54. The molecule has 0 bridgehead atoms. The Bertz CT molecular complexity index is 1070. The van der Waals surface area contributed by atoms with Crippen molar-refractivity contribution in [3.8, 4) is 11.3 Å². The van der Waals surface area contributed by atoms with Crippen molar-refractivity contribution in [1.82, 2.24) is 14.6 Å². The van der Waals surface area contributed by atoms with Crippen LogP contribution in [-0.2, 0) is 4.84 Å². The minimum atomic E-state index is -2.78. The maximum atomic E-state index is 13.6. The molecular formula is C21H20F2N4O2. The molecule has 2 aromatic heterocycles. The Kier molecular flexibility index (Phi) is 5.33. The lowest BCUT2D eigenvalue weighted by atomic mass is 9.99. The van der Waals surface area contributed by atoms with Gasteiger partial charge in [-0.25, -0.2) is 23.1 Å². The van der Waals surface area contributed by atoms with Crippen LogP contribution in [0.3, 0.4) is 0 Å². The molecule has 29 heavy (non-hydrogen) atoms. The number of hydrogen-bond donors (Lipinski definition) is 0. The molecule has 4 rings (SSSR count). The predicted molar refractivity (Wildman–Crippen MR) is 104 cm³/mol. The second-order valence-electron chi connectivity index (χ2n) is 7.12. The number of alkyl halides is 2. The van der Waals surface area contributed by atoms with Gasteiger partial charge in [0.2, 0.25) is 0 Å². The van der Waals surface area contributed by atoms with E-state index < -0.39 is 12.4 Å². The average Bonchev–Trinajstić information content (AvgIpc) is 3.16. The first-order chi connectivity index (χ1) is 14.0. The van der Waals surface area contributed by atoms with Crippen LogP contribution in [0.5, 0.6) is 0 Å². The summed E-state index contributed by atoms with van der Waals surface area (Å²) in [6, 6.07) is 8.62. The molecule has 1 fully saturated rings. The third-order valence-electron chi connectivity index (χ3n) is 4.98. The molecule has 0 spiro atoms. The lowest BCUT2D eigenvalue weighted by Crippen LogP contribution is -2.09. The molecule has 0 N–H and O–H groups in total. The van der Waals surface area contributed by atoms with Crippen LogP contribution in [0.25, 0.3) is 16.9 Å². The Morgan fingerprint density at radius 1 is 1.17 bits per heavy atom. The van der Waals surface area contributed by atoms with Crippen molar-refractivity contribution in [2.75, 3.05) is 0 Å². The molecule has 1 aromatic carbocycles. The van der Waals surface area contributed by atoms with Gasteiger partial charge in [-0.3, -0.25) is 0 Å². The Morgan fingerprint density at radius 2 is 1.90 bits per heavy atom. The number of rotatable bonds is 4. The quantitative estimate of drug-likeness (QED) is 0.452. The van der Waals surface area contributed by atoms with Crippen LogP contribution in [-0.4, -0.2) is 26.3 Å². The van der Waals surface area contributed by atoms with Crippen molar-refractivity contribution < 1.29 is 18.4 Å². The SMILES string of the molecule is Cc1ccc(-c2cc(C(F)F)n3ncc(C(=O)ON=C4CCCCC4)c3n2)cc1. The van der Waals surface area contributed by atoms with Crippen LogP contribution in [0.1, 0.15) is 60.1 Å². The van der Waals surface area contributed by atoms with Crippen LogP contribution in [0, 0.1) is 6.92 Å². The van der Waals surface area contributed by atoms with Crippen molar-refractivity contribution in [3.05, 3.63) is 53.3 Å². The zero-order valence-corrected chi connectivity index (χ0v) is 15.9. The number of carbonyl (C=O) groups is 1. The van der Waals surface area contributed by atoms with Gasteiger partial charge in [0, 0.05) is 5.56 Å². The van der Waals surface area contributed by atoms with Gasteiger partial charge < -0.3 is 4.84 Å². The first kappa shape index (κ1) is 19.2. The second-order valence-corrected chi connectivity index (χ2v) is 7.12. The van der Waals surface area contributed by atoms with Gasteiger partial charge >= 0.3 is 5.97 Å². The number of oxime groups is 1. The summed E-state index contributed by atoms with van der Waals surface area (Å²) >= 11 is 0. The van der Waals surface area contributed by atoms with Crippen molar-refractivity contribution in [3.63, 3.8) is 0 Å². The van der Waals surface area contributed by atoms with Crippen LogP contribution in [0.2, 0.25) is 0 Å². The van der Waals surface area contributed by atoms with Gasteiger partial charge in [0.05, 0.1) is 17.6 Å². The second kappa shape index (κ2) is 8.06.